The van der Waals surface area contributed by atoms with E-state index in [1.165, 1.54) is 12.3 Å². The van der Waals surface area contributed by atoms with E-state index in [9.17, 15) is 4.79 Å². The predicted molar refractivity (Wildman–Crippen MR) is 60.7 cm³/mol. The molecule has 0 unspecified atom stereocenters. The molecule has 0 aliphatic rings. The van der Waals surface area contributed by atoms with Crippen LogP contribution < -0.4 is 5.32 Å². The van der Waals surface area contributed by atoms with E-state index in [4.69, 9.17) is 5.11 Å². The quantitative estimate of drug-likeness (QED) is 0.687. The fourth-order valence-corrected chi connectivity index (χ4v) is 1.24. The Hall–Kier alpha value is -1.69. The van der Waals surface area contributed by atoms with Crippen molar-refractivity contribution in [2.45, 2.75) is 6.42 Å². The van der Waals surface area contributed by atoms with Gasteiger partial charge in [0.05, 0.1) is 6.20 Å². The molecule has 0 aliphatic carbocycles. The third-order valence-electron chi connectivity index (χ3n) is 2.03. The summed E-state index contributed by atoms with van der Waals surface area (Å²) in [4.78, 5) is 12.9. The maximum absolute atomic E-state index is 10.8. The first-order valence-corrected chi connectivity index (χ1v) is 5.05. The van der Waals surface area contributed by atoms with Crippen LogP contribution in [-0.2, 0) is 0 Å². The Kier molecular flexibility index (Phi) is 4.65. The lowest BCUT2D eigenvalue weighted by Gasteiger charge is -2.10. The first-order chi connectivity index (χ1) is 7.61. The summed E-state index contributed by atoms with van der Waals surface area (Å²) >= 11 is 0. The first kappa shape index (κ1) is 12.4. The van der Waals surface area contributed by atoms with Crippen LogP contribution in [0.2, 0.25) is 0 Å². The second-order valence-electron chi connectivity index (χ2n) is 3.68. The molecule has 0 bridgehead atoms. The number of hydrogen-bond donors (Lipinski definition) is 2. The Bertz CT molecular complexity index is 354. The first-order valence-electron chi connectivity index (χ1n) is 5.05. The molecule has 1 heterocycles. The number of nitrogens with zero attached hydrogens (tertiary/aromatic N) is 3. The molecule has 88 valence electrons. The molecule has 0 fully saturated rings. The van der Waals surface area contributed by atoms with Crippen molar-refractivity contribution in [3.63, 3.8) is 0 Å². The lowest BCUT2D eigenvalue weighted by molar-refractivity contribution is 0.0697. The Morgan fingerprint density at radius 2 is 2.31 bits per heavy atom. The highest BCUT2D eigenvalue weighted by molar-refractivity contribution is 5.92. The van der Waals surface area contributed by atoms with E-state index in [-0.39, 0.29) is 5.56 Å². The molecule has 0 atom stereocenters. The second-order valence-corrected chi connectivity index (χ2v) is 3.68. The summed E-state index contributed by atoms with van der Waals surface area (Å²) in [6.07, 6.45) is 2.29. The van der Waals surface area contributed by atoms with Crippen LogP contribution in [0.15, 0.2) is 12.3 Å². The SMILES string of the molecule is CN(C)CCCNc1nnccc1C(=O)O. The maximum Gasteiger partial charge on any atom is 0.339 e. The molecule has 0 radical (unpaired) electrons. The number of carbonyl (C=O) groups is 1. The van der Waals surface area contributed by atoms with Crippen LogP contribution in [0.4, 0.5) is 5.82 Å². The summed E-state index contributed by atoms with van der Waals surface area (Å²) in [7, 11) is 3.98. The number of hydrogen-bond acceptors (Lipinski definition) is 5. The Balaban J connectivity index is 2.50. The molecule has 0 saturated heterocycles. The van der Waals surface area contributed by atoms with Gasteiger partial charge in [-0.2, -0.15) is 5.10 Å². The minimum Gasteiger partial charge on any atom is -0.478 e. The van der Waals surface area contributed by atoms with Gasteiger partial charge in [-0.15, -0.1) is 5.10 Å². The highest BCUT2D eigenvalue weighted by atomic mass is 16.4. The molecular weight excluding hydrogens is 208 g/mol. The van der Waals surface area contributed by atoms with Gasteiger partial charge in [-0.25, -0.2) is 4.79 Å². The summed E-state index contributed by atoms with van der Waals surface area (Å²) in [6.45, 7) is 1.62. The third kappa shape index (κ3) is 3.82. The van der Waals surface area contributed by atoms with Gasteiger partial charge in [-0.05, 0) is 33.1 Å². The van der Waals surface area contributed by atoms with Gasteiger partial charge in [0.15, 0.2) is 5.82 Å². The number of nitrogens with one attached hydrogen (secondary N) is 1. The number of aromatic carboxylic acids is 1. The normalized spacial score (nSPS) is 10.4. The van der Waals surface area contributed by atoms with Crippen molar-refractivity contribution in [1.29, 1.82) is 0 Å². The highest BCUT2D eigenvalue weighted by Gasteiger charge is 2.10. The van der Waals surface area contributed by atoms with Crippen LogP contribution in [0, 0.1) is 0 Å². The fraction of sp³-hybridized carbons (Fsp3) is 0.500. The molecule has 1 rings (SSSR count). The second kappa shape index (κ2) is 6.02. The standard InChI is InChI=1S/C10H16N4O2/c1-14(2)7-3-5-11-9-8(10(15)16)4-6-12-13-9/h4,6H,3,5,7H2,1-2H3,(H,11,13)(H,15,16). The molecule has 16 heavy (non-hydrogen) atoms. The number of aromatic nitrogens is 2. The average Bonchev–Trinajstić information content (AvgIpc) is 2.24. The molecule has 0 amide bonds. The zero-order valence-corrected chi connectivity index (χ0v) is 9.47. The Morgan fingerprint density at radius 1 is 1.56 bits per heavy atom. The molecule has 0 spiro atoms. The molecule has 0 aliphatic heterocycles. The summed E-state index contributed by atoms with van der Waals surface area (Å²) < 4.78 is 0. The van der Waals surface area contributed by atoms with Gasteiger partial charge in [0.25, 0.3) is 0 Å². The molecule has 0 aromatic carbocycles. The van der Waals surface area contributed by atoms with Gasteiger partial charge in [-0.1, -0.05) is 0 Å². The number of carboxylic acid groups (broad SMARTS) is 1. The minimum atomic E-state index is -0.995. The average molecular weight is 224 g/mol. The summed E-state index contributed by atoms with van der Waals surface area (Å²) in [5, 5.41) is 19.3. The van der Waals surface area contributed by atoms with Crippen molar-refractivity contribution in [2.24, 2.45) is 0 Å². The van der Waals surface area contributed by atoms with Crippen molar-refractivity contribution in [3.05, 3.63) is 17.8 Å². The van der Waals surface area contributed by atoms with Crippen LogP contribution in [0.25, 0.3) is 0 Å². The largest absolute Gasteiger partial charge is 0.478 e. The smallest absolute Gasteiger partial charge is 0.339 e. The maximum atomic E-state index is 10.8. The van der Waals surface area contributed by atoms with E-state index in [2.05, 4.69) is 20.4 Å². The lowest BCUT2D eigenvalue weighted by atomic mass is 10.3. The van der Waals surface area contributed by atoms with Gasteiger partial charge in [0, 0.05) is 6.54 Å². The van der Waals surface area contributed by atoms with E-state index < -0.39 is 5.97 Å². The van der Waals surface area contributed by atoms with Gasteiger partial charge < -0.3 is 15.3 Å². The predicted octanol–water partition coefficient (Wildman–Crippen LogP) is 0.538. The van der Waals surface area contributed by atoms with Crippen LogP contribution >= 0.6 is 0 Å². The van der Waals surface area contributed by atoms with Crippen molar-refractivity contribution in [1.82, 2.24) is 15.1 Å². The number of carboxylic acids is 1. The molecule has 1 aromatic heterocycles. The van der Waals surface area contributed by atoms with Crippen LogP contribution in [0.5, 0.6) is 0 Å². The summed E-state index contributed by atoms with van der Waals surface area (Å²) in [5.41, 5.74) is 0.153. The zero-order chi connectivity index (χ0) is 12.0. The Morgan fingerprint density at radius 3 is 2.94 bits per heavy atom. The molecule has 6 heteroatoms. The highest BCUT2D eigenvalue weighted by Crippen LogP contribution is 2.09. The van der Waals surface area contributed by atoms with Gasteiger partial charge in [0.1, 0.15) is 5.56 Å². The number of anilines is 1. The van der Waals surface area contributed by atoms with E-state index >= 15 is 0 Å². The molecule has 1 aromatic rings. The third-order valence-corrected chi connectivity index (χ3v) is 2.03. The summed E-state index contributed by atoms with van der Waals surface area (Å²) in [6, 6.07) is 1.43. The number of rotatable bonds is 6. The van der Waals surface area contributed by atoms with Gasteiger partial charge in [-0.3, -0.25) is 0 Å². The topological polar surface area (TPSA) is 78.3 Å². The monoisotopic (exact) mass is 224 g/mol. The lowest BCUT2D eigenvalue weighted by Crippen LogP contribution is -2.17. The molecule has 0 saturated carbocycles. The van der Waals surface area contributed by atoms with E-state index in [0.717, 1.165) is 13.0 Å². The Labute approximate surface area is 94.3 Å². The molecule has 6 nitrogen and oxygen atoms in total. The van der Waals surface area contributed by atoms with E-state index in [1.54, 1.807) is 0 Å². The van der Waals surface area contributed by atoms with E-state index in [1.807, 2.05) is 14.1 Å². The van der Waals surface area contributed by atoms with Gasteiger partial charge >= 0.3 is 5.97 Å². The van der Waals surface area contributed by atoms with Crippen molar-refractivity contribution >= 4 is 11.8 Å². The fourth-order valence-electron chi connectivity index (χ4n) is 1.24. The van der Waals surface area contributed by atoms with Crippen molar-refractivity contribution in [3.8, 4) is 0 Å². The van der Waals surface area contributed by atoms with Crippen LogP contribution in [0.3, 0.4) is 0 Å². The zero-order valence-electron chi connectivity index (χ0n) is 9.47. The summed E-state index contributed by atoms with van der Waals surface area (Å²) in [5.74, 6) is -0.668. The van der Waals surface area contributed by atoms with Crippen LogP contribution in [-0.4, -0.2) is 53.4 Å². The van der Waals surface area contributed by atoms with Crippen molar-refractivity contribution in [2.75, 3.05) is 32.5 Å². The minimum absolute atomic E-state index is 0.153. The van der Waals surface area contributed by atoms with Gasteiger partial charge in [0.2, 0.25) is 0 Å². The van der Waals surface area contributed by atoms with Crippen molar-refractivity contribution < 1.29 is 9.90 Å². The van der Waals surface area contributed by atoms with Crippen LogP contribution in [0.1, 0.15) is 16.8 Å². The molecule has 2 N–H and O–H groups in total. The molecular formula is C10H16N4O2. The van der Waals surface area contributed by atoms with E-state index in [0.29, 0.717) is 12.4 Å².